The van der Waals surface area contributed by atoms with Crippen LogP contribution in [0, 0.1) is 0 Å². The quantitative estimate of drug-likeness (QED) is 0.347. The molecule has 7 nitrogen and oxygen atoms in total. The van der Waals surface area contributed by atoms with Crippen LogP contribution in [0.25, 0.3) is 10.8 Å². The van der Waals surface area contributed by atoms with Crippen LogP contribution in [0.15, 0.2) is 71.8 Å². The smallest absolute Gasteiger partial charge is 0.337 e. The summed E-state index contributed by atoms with van der Waals surface area (Å²) >= 11 is 0. The molecule has 0 aliphatic carbocycles. The maximum Gasteiger partial charge on any atom is 0.337 e. The van der Waals surface area contributed by atoms with E-state index in [4.69, 9.17) is 0 Å². The Hall–Kier alpha value is -3.55. The molecule has 3 N–H and O–H groups in total. The first-order chi connectivity index (χ1) is 14.6. The van der Waals surface area contributed by atoms with Gasteiger partial charge in [0.2, 0.25) is 0 Å². The fraction of sp³-hybridized carbons (Fsp3) is 0.174. The van der Waals surface area contributed by atoms with Crippen molar-refractivity contribution in [2.45, 2.75) is 18.5 Å². The number of hydrogen-bond donors (Lipinski definition) is 3. The summed E-state index contributed by atoms with van der Waals surface area (Å²) in [6.07, 6.45) is 2.15. The van der Waals surface area contributed by atoms with Crippen LogP contribution in [0.4, 0.5) is 0 Å². The van der Waals surface area contributed by atoms with Crippen LogP contribution in [-0.4, -0.2) is 31.2 Å². The summed E-state index contributed by atoms with van der Waals surface area (Å²) in [4.78, 5) is 23.9. The van der Waals surface area contributed by atoms with E-state index in [1.807, 2.05) is 12.1 Å². The number of hydrazone groups is 1. The van der Waals surface area contributed by atoms with Gasteiger partial charge in [0, 0.05) is 6.04 Å². The summed E-state index contributed by atoms with van der Waals surface area (Å²) in [7, 11) is 1.34. The lowest BCUT2D eigenvalue weighted by Crippen LogP contribution is -2.41. The molecule has 4 rings (SSSR count). The summed E-state index contributed by atoms with van der Waals surface area (Å²) in [5.41, 5.74) is 11.1. The number of rotatable bonds is 5. The Morgan fingerprint density at radius 3 is 2.57 bits per heavy atom. The average molecular weight is 402 g/mol. The number of amides is 1. The van der Waals surface area contributed by atoms with Crippen molar-refractivity contribution in [1.82, 2.24) is 16.3 Å². The van der Waals surface area contributed by atoms with Gasteiger partial charge in [-0.2, -0.15) is 5.10 Å². The van der Waals surface area contributed by atoms with Crippen molar-refractivity contribution < 1.29 is 14.3 Å². The standard InChI is InChI=1S/C23H22N4O3/c1-30-23(29)17-8-6-15(7-9-17)14-24-27-22(28)21-13-20(25-26-21)19-11-10-16-4-2-3-5-18(16)12-19/h2-12,14,20-21,25-26H,13H2,1H3,(H,27,28)/b24-14+. The lowest BCUT2D eigenvalue weighted by molar-refractivity contribution is -0.122. The first-order valence-corrected chi connectivity index (χ1v) is 9.65. The van der Waals surface area contributed by atoms with E-state index in [0.29, 0.717) is 12.0 Å². The Morgan fingerprint density at radius 2 is 1.80 bits per heavy atom. The van der Waals surface area contributed by atoms with Gasteiger partial charge in [-0.1, -0.05) is 48.5 Å². The zero-order valence-corrected chi connectivity index (χ0v) is 16.5. The molecule has 0 radical (unpaired) electrons. The Labute approximate surface area is 174 Å². The Morgan fingerprint density at radius 1 is 1.03 bits per heavy atom. The number of carbonyl (C=O) groups excluding carboxylic acids is 2. The molecule has 3 aromatic carbocycles. The topological polar surface area (TPSA) is 91.8 Å². The monoisotopic (exact) mass is 402 g/mol. The highest BCUT2D eigenvalue weighted by Crippen LogP contribution is 2.25. The molecule has 3 aromatic rings. The number of ether oxygens (including phenoxy) is 1. The van der Waals surface area contributed by atoms with Gasteiger partial charge >= 0.3 is 5.97 Å². The number of nitrogens with zero attached hydrogens (tertiary/aromatic N) is 1. The molecule has 152 valence electrons. The summed E-state index contributed by atoms with van der Waals surface area (Å²) in [5, 5.41) is 6.37. The average Bonchev–Trinajstić information content (AvgIpc) is 3.29. The molecule has 30 heavy (non-hydrogen) atoms. The minimum absolute atomic E-state index is 0.0419. The zero-order chi connectivity index (χ0) is 20.9. The van der Waals surface area contributed by atoms with Crippen LogP contribution in [0.5, 0.6) is 0 Å². The Bertz CT molecular complexity index is 1100. The molecule has 1 fully saturated rings. The SMILES string of the molecule is COC(=O)c1ccc(/C=N/NC(=O)C2CC(c3ccc4ccccc4c3)NN2)cc1. The van der Waals surface area contributed by atoms with E-state index < -0.39 is 5.97 Å². The summed E-state index contributed by atoms with van der Waals surface area (Å²) in [6.45, 7) is 0. The first-order valence-electron chi connectivity index (χ1n) is 9.65. The van der Waals surface area contributed by atoms with Gasteiger partial charge in [-0.3, -0.25) is 4.79 Å². The molecule has 0 saturated carbocycles. The lowest BCUT2D eigenvalue weighted by atomic mass is 9.99. The van der Waals surface area contributed by atoms with Crippen LogP contribution in [0.2, 0.25) is 0 Å². The number of esters is 1. The molecular formula is C23H22N4O3. The van der Waals surface area contributed by atoms with E-state index in [1.165, 1.54) is 24.1 Å². The van der Waals surface area contributed by atoms with Crippen LogP contribution < -0.4 is 16.3 Å². The minimum atomic E-state index is -0.396. The van der Waals surface area contributed by atoms with Gasteiger partial charge in [0.25, 0.3) is 5.91 Å². The molecule has 1 aliphatic rings. The normalized spacial score (nSPS) is 18.6. The van der Waals surface area contributed by atoms with Gasteiger partial charge in [-0.25, -0.2) is 21.1 Å². The Balaban J connectivity index is 1.33. The maximum atomic E-state index is 12.4. The van der Waals surface area contributed by atoms with Crippen molar-refractivity contribution in [1.29, 1.82) is 0 Å². The van der Waals surface area contributed by atoms with Gasteiger partial charge in [0.05, 0.1) is 18.9 Å². The second-order valence-electron chi connectivity index (χ2n) is 7.08. The molecule has 2 atom stereocenters. The van der Waals surface area contributed by atoms with E-state index in [-0.39, 0.29) is 18.0 Å². The van der Waals surface area contributed by atoms with E-state index in [1.54, 1.807) is 24.3 Å². The lowest BCUT2D eigenvalue weighted by Gasteiger charge is -2.10. The van der Waals surface area contributed by atoms with E-state index in [2.05, 4.69) is 56.4 Å². The molecule has 1 heterocycles. The van der Waals surface area contributed by atoms with Crippen LogP contribution in [-0.2, 0) is 9.53 Å². The predicted molar refractivity (Wildman–Crippen MR) is 115 cm³/mol. The number of hydrogen-bond acceptors (Lipinski definition) is 6. The van der Waals surface area contributed by atoms with Gasteiger partial charge in [0.15, 0.2) is 0 Å². The van der Waals surface area contributed by atoms with Gasteiger partial charge in [-0.15, -0.1) is 0 Å². The minimum Gasteiger partial charge on any atom is -0.465 e. The molecule has 1 amide bonds. The molecule has 0 aromatic heterocycles. The second-order valence-corrected chi connectivity index (χ2v) is 7.08. The number of fused-ring (bicyclic) bond motifs is 1. The number of methoxy groups -OCH3 is 1. The Kier molecular flexibility index (Phi) is 5.83. The highest BCUT2D eigenvalue weighted by molar-refractivity contribution is 5.91. The molecule has 0 spiro atoms. The predicted octanol–water partition coefficient (Wildman–Crippen LogP) is 2.68. The van der Waals surface area contributed by atoms with Crippen molar-refractivity contribution in [2.75, 3.05) is 7.11 Å². The summed E-state index contributed by atoms with van der Waals surface area (Å²) in [6, 6.07) is 20.9. The van der Waals surface area contributed by atoms with Crippen molar-refractivity contribution >= 4 is 28.9 Å². The molecule has 1 aliphatic heterocycles. The van der Waals surface area contributed by atoms with Crippen molar-refractivity contribution in [3.05, 3.63) is 83.4 Å². The highest BCUT2D eigenvalue weighted by Gasteiger charge is 2.30. The maximum absolute atomic E-state index is 12.4. The number of nitrogens with one attached hydrogen (secondary N) is 3. The summed E-state index contributed by atoms with van der Waals surface area (Å²) < 4.78 is 4.66. The first kappa shape index (κ1) is 19.8. The third-order valence-electron chi connectivity index (χ3n) is 5.12. The van der Waals surface area contributed by atoms with Crippen LogP contribution >= 0.6 is 0 Å². The number of hydrazine groups is 1. The molecule has 1 saturated heterocycles. The van der Waals surface area contributed by atoms with Crippen molar-refractivity contribution in [3.63, 3.8) is 0 Å². The number of benzene rings is 3. The van der Waals surface area contributed by atoms with Gasteiger partial charge in [-0.05, 0) is 46.5 Å². The van der Waals surface area contributed by atoms with Crippen LogP contribution in [0.1, 0.15) is 33.9 Å². The molecule has 7 heteroatoms. The van der Waals surface area contributed by atoms with Gasteiger partial charge < -0.3 is 4.74 Å². The van der Waals surface area contributed by atoms with Crippen molar-refractivity contribution in [2.24, 2.45) is 5.10 Å². The third kappa shape index (κ3) is 4.37. The largest absolute Gasteiger partial charge is 0.465 e. The van der Waals surface area contributed by atoms with Crippen LogP contribution in [0.3, 0.4) is 0 Å². The fourth-order valence-electron chi connectivity index (χ4n) is 3.44. The summed E-state index contributed by atoms with van der Waals surface area (Å²) in [5.74, 6) is -0.610. The zero-order valence-electron chi connectivity index (χ0n) is 16.5. The van der Waals surface area contributed by atoms with E-state index in [9.17, 15) is 9.59 Å². The van der Waals surface area contributed by atoms with E-state index >= 15 is 0 Å². The highest BCUT2D eigenvalue weighted by atomic mass is 16.5. The number of carbonyl (C=O) groups is 2. The molecule has 2 unspecified atom stereocenters. The van der Waals surface area contributed by atoms with E-state index in [0.717, 1.165) is 11.1 Å². The molecule has 0 bridgehead atoms. The van der Waals surface area contributed by atoms with Crippen molar-refractivity contribution in [3.8, 4) is 0 Å². The second kappa shape index (κ2) is 8.86. The fourth-order valence-corrected chi connectivity index (χ4v) is 3.44. The third-order valence-corrected chi connectivity index (χ3v) is 5.12. The van der Waals surface area contributed by atoms with Gasteiger partial charge in [0.1, 0.15) is 6.04 Å². The molecular weight excluding hydrogens is 380 g/mol.